The fourth-order valence-corrected chi connectivity index (χ4v) is 2.10. The summed E-state index contributed by atoms with van der Waals surface area (Å²) in [7, 11) is 0. The van der Waals surface area contributed by atoms with E-state index in [2.05, 4.69) is 33.1 Å². The van der Waals surface area contributed by atoms with Crippen LogP contribution in [0.15, 0.2) is 3.92 Å². The third-order valence-electron chi connectivity index (χ3n) is 1.44. The van der Waals surface area contributed by atoms with Crippen LogP contribution < -0.4 is 0 Å². The van der Waals surface area contributed by atoms with Gasteiger partial charge in [-0.25, -0.2) is 0 Å². The Morgan fingerprint density at radius 3 is 2.73 bits per heavy atom. The molecule has 0 spiro atoms. The van der Waals surface area contributed by atoms with Gasteiger partial charge in [-0.1, -0.05) is 31.1 Å². The molecule has 0 N–H and O–H groups in total. The van der Waals surface area contributed by atoms with E-state index in [1.807, 2.05) is 0 Å². The molecule has 0 aliphatic rings. The lowest BCUT2D eigenvalue weighted by atomic mass is 10.2. The largest absolute Gasteiger partial charge is 0.183 e. The first-order chi connectivity index (χ1) is 5.33. The van der Waals surface area contributed by atoms with Crippen molar-refractivity contribution in [3.63, 3.8) is 0 Å². The predicted octanol–water partition coefficient (Wildman–Crippen LogP) is 3.03. The average molecular weight is 235 g/mol. The van der Waals surface area contributed by atoms with Crippen LogP contribution in [0.5, 0.6) is 0 Å². The molecule has 0 atom stereocenters. The number of aryl methyl sites for hydroxylation is 1. The molecule has 1 aromatic rings. The zero-order chi connectivity index (χ0) is 8.10. The van der Waals surface area contributed by atoms with E-state index in [1.165, 1.54) is 19.3 Å². The van der Waals surface area contributed by atoms with E-state index in [-0.39, 0.29) is 0 Å². The Hall–Kier alpha value is 0.0400. The van der Waals surface area contributed by atoms with Crippen LogP contribution in [0.25, 0.3) is 0 Å². The maximum Gasteiger partial charge on any atom is 0.183 e. The van der Waals surface area contributed by atoms with E-state index in [0.717, 1.165) is 15.3 Å². The van der Waals surface area contributed by atoms with Crippen LogP contribution in [0.1, 0.15) is 31.2 Å². The SMILES string of the molecule is CCCCCc1nnc(Br)s1. The van der Waals surface area contributed by atoms with E-state index < -0.39 is 0 Å². The lowest BCUT2D eigenvalue weighted by Crippen LogP contribution is -1.83. The fraction of sp³-hybridized carbons (Fsp3) is 0.714. The Bertz CT molecular complexity index is 212. The molecule has 0 bridgehead atoms. The van der Waals surface area contributed by atoms with Crippen molar-refractivity contribution in [1.82, 2.24) is 10.2 Å². The minimum absolute atomic E-state index is 0.893. The highest BCUT2D eigenvalue weighted by molar-refractivity contribution is 9.11. The van der Waals surface area contributed by atoms with Gasteiger partial charge in [-0.2, -0.15) is 0 Å². The first-order valence-corrected chi connectivity index (χ1v) is 5.41. The molecule has 0 saturated carbocycles. The standard InChI is InChI=1S/C7H11BrN2S/c1-2-3-4-5-6-9-10-7(8)11-6/h2-5H2,1H3. The van der Waals surface area contributed by atoms with Crippen LogP contribution in [-0.4, -0.2) is 10.2 Å². The lowest BCUT2D eigenvalue weighted by Gasteiger charge is -1.91. The van der Waals surface area contributed by atoms with Crippen LogP contribution in [0.3, 0.4) is 0 Å². The Labute approximate surface area is 79.2 Å². The molecule has 0 aromatic carbocycles. The molecule has 0 aliphatic heterocycles. The van der Waals surface area contributed by atoms with Crippen LogP contribution in [0.4, 0.5) is 0 Å². The van der Waals surface area contributed by atoms with E-state index >= 15 is 0 Å². The van der Waals surface area contributed by atoms with Gasteiger partial charge >= 0.3 is 0 Å². The van der Waals surface area contributed by atoms with Gasteiger partial charge in [0.25, 0.3) is 0 Å². The molecule has 0 amide bonds. The third kappa shape index (κ3) is 3.29. The van der Waals surface area contributed by atoms with Crippen molar-refractivity contribution in [3.05, 3.63) is 8.92 Å². The van der Waals surface area contributed by atoms with Gasteiger partial charge in [0.05, 0.1) is 0 Å². The number of nitrogens with zero attached hydrogens (tertiary/aromatic N) is 2. The molecule has 0 aliphatic carbocycles. The Morgan fingerprint density at radius 2 is 2.18 bits per heavy atom. The number of rotatable bonds is 4. The second-order valence-corrected chi connectivity index (χ2v) is 4.74. The van der Waals surface area contributed by atoms with Crippen molar-refractivity contribution in [2.75, 3.05) is 0 Å². The van der Waals surface area contributed by atoms with Crippen LogP contribution in [0.2, 0.25) is 0 Å². The van der Waals surface area contributed by atoms with E-state index in [1.54, 1.807) is 11.3 Å². The number of hydrogen-bond acceptors (Lipinski definition) is 3. The molecule has 0 saturated heterocycles. The molecule has 1 rings (SSSR count). The topological polar surface area (TPSA) is 25.8 Å². The summed E-state index contributed by atoms with van der Waals surface area (Å²) in [4.78, 5) is 0. The number of aromatic nitrogens is 2. The van der Waals surface area contributed by atoms with Crippen molar-refractivity contribution in [2.24, 2.45) is 0 Å². The molecular formula is C7H11BrN2S. The Kier molecular flexibility index (Phi) is 4.01. The Morgan fingerprint density at radius 1 is 1.36 bits per heavy atom. The first kappa shape index (κ1) is 9.13. The van der Waals surface area contributed by atoms with Crippen molar-refractivity contribution in [1.29, 1.82) is 0 Å². The third-order valence-corrected chi connectivity index (χ3v) is 2.85. The second-order valence-electron chi connectivity index (χ2n) is 2.41. The average Bonchev–Trinajstić information content (AvgIpc) is 2.37. The van der Waals surface area contributed by atoms with E-state index in [0.29, 0.717) is 0 Å². The molecule has 1 aromatic heterocycles. The summed E-state index contributed by atoms with van der Waals surface area (Å²) < 4.78 is 0.893. The quantitative estimate of drug-likeness (QED) is 0.749. The maximum atomic E-state index is 4.01. The summed E-state index contributed by atoms with van der Waals surface area (Å²) >= 11 is 4.92. The molecule has 0 radical (unpaired) electrons. The smallest absolute Gasteiger partial charge is 0.143 e. The van der Waals surface area contributed by atoms with Gasteiger partial charge in [0.2, 0.25) is 0 Å². The number of hydrogen-bond donors (Lipinski definition) is 0. The van der Waals surface area contributed by atoms with Crippen molar-refractivity contribution in [2.45, 2.75) is 32.6 Å². The summed E-state index contributed by atoms with van der Waals surface area (Å²) in [5, 5.41) is 9.03. The maximum absolute atomic E-state index is 4.01. The van der Waals surface area contributed by atoms with Gasteiger partial charge in [-0.15, -0.1) is 10.2 Å². The summed E-state index contributed by atoms with van der Waals surface area (Å²) in [5.41, 5.74) is 0. The molecule has 4 heteroatoms. The minimum Gasteiger partial charge on any atom is -0.143 e. The molecule has 62 valence electrons. The normalized spacial score (nSPS) is 10.4. The van der Waals surface area contributed by atoms with Crippen molar-refractivity contribution >= 4 is 27.3 Å². The first-order valence-electron chi connectivity index (χ1n) is 3.81. The van der Waals surface area contributed by atoms with E-state index in [9.17, 15) is 0 Å². The second kappa shape index (κ2) is 4.83. The van der Waals surface area contributed by atoms with Gasteiger partial charge in [0.15, 0.2) is 3.92 Å². The Balaban J connectivity index is 2.27. The summed E-state index contributed by atoms with van der Waals surface area (Å²) in [6.45, 7) is 2.20. The van der Waals surface area contributed by atoms with E-state index in [4.69, 9.17) is 0 Å². The highest BCUT2D eigenvalue weighted by Gasteiger charge is 1.99. The summed E-state index contributed by atoms with van der Waals surface area (Å²) in [5.74, 6) is 0. The van der Waals surface area contributed by atoms with Gasteiger partial charge in [-0.3, -0.25) is 0 Å². The van der Waals surface area contributed by atoms with Gasteiger partial charge in [0, 0.05) is 6.42 Å². The predicted molar refractivity (Wildman–Crippen MR) is 50.8 cm³/mol. The number of unbranched alkanes of at least 4 members (excludes halogenated alkanes) is 2. The van der Waals surface area contributed by atoms with Crippen molar-refractivity contribution < 1.29 is 0 Å². The lowest BCUT2D eigenvalue weighted by molar-refractivity contribution is 0.710. The molecular weight excluding hydrogens is 224 g/mol. The molecule has 0 unspecified atom stereocenters. The van der Waals surface area contributed by atoms with Gasteiger partial charge in [0.1, 0.15) is 5.01 Å². The highest BCUT2D eigenvalue weighted by Crippen LogP contribution is 2.17. The monoisotopic (exact) mass is 234 g/mol. The molecule has 1 heterocycles. The van der Waals surface area contributed by atoms with Gasteiger partial charge < -0.3 is 0 Å². The van der Waals surface area contributed by atoms with Gasteiger partial charge in [-0.05, 0) is 22.4 Å². The highest BCUT2D eigenvalue weighted by atomic mass is 79.9. The van der Waals surface area contributed by atoms with Crippen LogP contribution >= 0.6 is 27.3 Å². The molecule has 0 fully saturated rings. The number of halogens is 1. The fourth-order valence-electron chi connectivity index (χ4n) is 0.860. The zero-order valence-corrected chi connectivity index (χ0v) is 8.91. The summed E-state index contributed by atoms with van der Waals surface area (Å²) in [6.07, 6.45) is 4.87. The van der Waals surface area contributed by atoms with Crippen LogP contribution in [0, 0.1) is 0 Å². The zero-order valence-electron chi connectivity index (χ0n) is 6.51. The van der Waals surface area contributed by atoms with Crippen molar-refractivity contribution in [3.8, 4) is 0 Å². The minimum atomic E-state index is 0.893. The summed E-state index contributed by atoms with van der Waals surface area (Å²) in [6, 6.07) is 0. The van der Waals surface area contributed by atoms with Crippen LogP contribution in [-0.2, 0) is 6.42 Å². The molecule has 2 nitrogen and oxygen atoms in total. The molecule has 11 heavy (non-hydrogen) atoms.